The SMILES string of the molecule is C=CCn1c(SCC(=O)c2[nH]c(C)c(C(=O)OC)c2C)nc2ccccc21. The van der Waals surface area contributed by atoms with Crippen molar-refractivity contribution in [3.63, 3.8) is 0 Å². The van der Waals surface area contributed by atoms with Crippen molar-refractivity contribution in [1.82, 2.24) is 14.5 Å². The predicted octanol–water partition coefficient (Wildman–Crippen LogP) is 3.93. The number of thioether (sulfide) groups is 1. The number of ketones is 1. The van der Waals surface area contributed by atoms with Gasteiger partial charge in [-0.1, -0.05) is 30.0 Å². The number of ether oxygens (including phenoxy) is 1. The number of aromatic nitrogens is 3. The minimum Gasteiger partial charge on any atom is -0.465 e. The van der Waals surface area contributed by atoms with Crippen LogP contribution in [0.2, 0.25) is 0 Å². The van der Waals surface area contributed by atoms with Crippen molar-refractivity contribution in [2.45, 2.75) is 25.5 Å². The summed E-state index contributed by atoms with van der Waals surface area (Å²) in [6.07, 6.45) is 1.81. The van der Waals surface area contributed by atoms with Gasteiger partial charge >= 0.3 is 5.97 Å². The summed E-state index contributed by atoms with van der Waals surface area (Å²) < 4.78 is 6.83. The summed E-state index contributed by atoms with van der Waals surface area (Å²) >= 11 is 1.37. The van der Waals surface area contributed by atoms with Gasteiger partial charge in [-0.3, -0.25) is 4.79 Å². The molecule has 0 bridgehead atoms. The third-order valence-corrected chi connectivity index (χ3v) is 5.35. The van der Waals surface area contributed by atoms with Crippen LogP contribution in [0.3, 0.4) is 0 Å². The minimum absolute atomic E-state index is 0.0898. The Hall–Kier alpha value is -2.80. The molecule has 0 aliphatic heterocycles. The Kier molecular flexibility index (Phi) is 5.51. The number of esters is 1. The van der Waals surface area contributed by atoms with Crippen LogP contribution in [-0.4, -0.2) is 39.2 Å². The first-order valence-electron chi connectivity index (χ1n) is 8.47. The molecule has 140 valence electrons. The number of nitrogens with one attached hydrogen (secondary N) is 1. The highest BCUT2D eigenvalue weighted by atomic mass is 32.2. The number of hydrogen-bond acceptors (Lipinski definition) is 5. The Labute approximate surface area is 161 Å². The smallest absolute Gasteiger partial charge is 0.339 e. The van der Waals surface area contributed by atoms with Crippen LogP contribution in [0.5, 0.6) is 0 Å². The van der Waals surface area contributed by atoms with Gasteiger partial charge in [-0.2, -0.15) is 0 Å². The highest BCUT2D eigenvalue weighted by molar-refractivity contribution is 7.99. The zero-order valence-electron chi connectivity index (χ0n) is 15.5. The first kappa shape index (κ1) is 19.0. The lowest BCUT2D eigenvalue weighted by molar-refractivity contribution is 0.0599. The molecular weight excluding hydrogens is 362 g/mol. The molecule has 0 fully saturated rings. The number of carbonyl (C=O) groups excluding carboxylic acids is 2. The van der Waals surface area contributed by atoms with E-state index in [0.29, 0.717) is 29.1 Å². The van der Waals surface area contributed by atoms with Crippen LogP contribution in [0.4, 0.5) is 0 Å². The molecule has 0 unspecified atom stereocenters. The van der Waals surface area contributed by atoms with Gasteiger partial charge in [-0.05, 0) is 31.5 Å². The molecule has 7 heteroatoms. The first-order chi connectivity index (χ1) is 13.0. The fourth-order valence-electron chi connectivity index (χ4n) is 3.11. The second-order valence-corrected chi connectivity index (χ2v) is 7.05. The maximum absolute atomic E-state index is 12.7. The van der Waals surface area contributed by atoms with Gasteiger partial charge in [0.2, 0.25) is 0 Å². The van der Waals surface area contributed by atoms with Crippen molar-refractivity contribution in [3.8, 4) is 0 Å². The number of rotatable bonds is 7. The van der Waals surface area contributed by atoms with Gasteiger partial charge in [0.05, 0.1) is 35.2 Å². The summed E-state index contributed by atoms with van der Waals surface area (Å²) in [7, 11) is 1.33. The van der Waals surface area contributed by atoms with Crippen molar-refractivity contribution < 1.29 is 14.3 Å². The Morgan fingerprint density at radius 1 is 1.33 bits per heavy atom. The largest absolute Gasteiger partial charge is 0.465 e. The van der Waals surface area contributed by atoms with Crippen LogP contribution in [0.25, 0.3) is 11.0 Å². The third kappa shape index (κ3) is 3.55. The summed E-state index contributed by atoms with van der Waals surface area (Å²) in [5.41, 5.74) is 3.99. The van der Waals surface area contributed by atoms with Gasteiger partial charge in [0.1, 0.15) is 0 Å². The average Bonchev–Trinajstić information content (AvgIpc) is 3.16. The van der Waals surface area contributed by atoms with E-state index < -0.39 is 5.97 Å². The van der Waals surface area contributed by atoms with Crippen molar-refractivity contribution in [1.29, 1.82) is 0 Å². The number of benzene rings is 1. The number of aromatic amines is 1. The molecule has 3 aromatic rings. The Balaban J connectivity index is 1.84. The second kappa shape index (κ2) is 7.84. The van der Waals surface area contributed by atoms with Gasteiger partial charge in [-0.15, -0.1) is 6.58 Å². The zero-order valence-corrected chi connectivity index (χ0v) is 16.4. The summed E-state index contributed by atoms with van der Waals surface area (Å²) in [4.78, 5) is 32.3. The molecule has 0 saturated carbocycles. The van der Waals surface area contributed by atoms with Crippen LogP contribution < -0.4 is 0 Å². The van der Waals surface area contributed by atoms with E-state index in [4.69, 9.17) is 4.74 Å². The fraction of sp³-hybridized carbons (Fsp3) is 0.250. The molecule has 6 nitrogen and oxygen atoms in total. The van der Waals surface area contributed by atoms with Gasteiger partial charge < -0.3 is 14.3 Å². The van der Waals surface area contributed by atoms with Gasteiger partial charge in [0.15, 0.2) is 10.9 Å². The number of imidazole rings is 1. The molecule has 0 aliphatic rings. The van der Waals surface area contributed by atoms with E-state index in [1.165, 1.54) is 18.9 Å². The lowest BCUT2D eigenvalue weighted by Crippen LogP contribution is -2.08. The minimum atomic E-state index is -0.444. The Bertz CT molecular complexity index is 1030. The number of hydrogen-bond donors (Lipinski definition) is 1. The van der Waals surface area contributed by atoms with E-state index in [2.05, 4.69) is 16.5 Å². The molecule has 3 rings (SSSR count). The topological polar surface area (TPSA) is 77.0 Å². The maximum atomic E-state index is 12.7. The average molecular weight is 383 g/mol. The van der Waals surface area contributed by atoms with E-state index >= 15 is 0 Å². The van der Waals surface area contributed by atoms with Crippen molar-refractivity contribution >= 4 is 34.5 Å². The molecule has 2 heterocycles. The van der Waals surface area contributed by atoms with Crippen LogP contribution in [0.1, 0.15) is 32.1 Å². The van der Waals surface area contributed by atoms with E-state index in [-0.39, 0.29) is 11.5 Å². The lowest BCUT2D eigenvalue weighted by Gasteiger charge is -2.06. The molecule has 0 radical (unpaired) electrons. The zero-order chi connectivity index (χ0) is 19.6. The molecule has 1 aromatic carbocycles. The van der Waals surface area contributed by atoms with Gasteiger partial charge in [-0.25, -0.2) is 9.78 Å². The fourth-order valence-corrected chi connectivity index (χ4v) is 4.00. The summed E-state index contributed by atoms with van der Waals surface area (Å²) in [5, 5.41) is 0.763. The third-order valence-electron chi connectivity index (χ3n) is 4.37. The van der Waals surface area contributed by atoms with E-state index in [1.54, 1.807) is 19.9 Å². The van der Waals surface area contributed by atoms with Crippen LogP contribution in [0.15, 0.2) is 42.1 Å². The highest BCUT2D eigenvalue weighted by Gasteiger charge is 2.23. The van der Waals surface area contributed by atoms with Gasteiger partial charge in [0, 0.05) is 12.2 Å². The molecule has 1 N–H and O–H groups in total. The summed E-state index contributed by atoms with van der Waals surface area (Å²) in [6.45, 7) is 7.92. The molecular formula is C20H21N3O3S. The maximum Gasteiger partial charge on any atom is 0.339 e. The number of H-pyrrole nitrogens is 1. The number of Topliss-reactive ketones (excluding diaryl/α,β-unsaturated/α-hetero) is 1. The number of allylic oxidation sites excluding steroid dienone is 1. The quantitative estimate of drug-likeness (QED) is 0.289. The number of methoxy groups -OCH3 is 1. The van der Waals surface area contributed by atoms with Crippen molar-refractivity contribution in [2.75, 3.05) is 12.9 Å². The Morgan fingerprint density at radius 2 is 2.07 bits per heavy atom. The summed E-state index contributed by atoms with van der Waals surface area (Å²) in [6, 6.07) is 7.84. The molecule has 27 heavy (non-hydrogen) atoms. The number of nitrogens with zero attached hydrogens (tertiary/aromatic N) is 2. The molecule has 0 amide bonds. The van der Waals surface area contributed by atoms with Crippen LogP contribution in [-0.2, 0) is 11.3 Å². The molecule has 0 spiro atoms. The molecule has 0 atom stereocenters. The molecule has 0 saturated heterocycles. The monoisotopic (exact) mass is 383 g/mol. The summed E-state index contributed by atoms with van der Waals surface area (Å²) in [5.74, 6) is -0.323. The predicted molar refractivity (Wildman–Crippen MR) is 107 cm³/mol. The standard InChI is InChI=1S/C20H21N3O3S/c1-5-10-23-15-9-7-6-8-14(15)22-20(23)27-11-16(24)18-12(2)17(13(3)21-18)19(25)26-4/h5-9,21H,1,10-11H2,2-4H3. The lowest BCUT2D eigenvalue weighted by atomic mass is 10.1. The number of para-hydroxylation sites is 2. The number of fused-ring (bicyclic) bond motifs is 1. The van der Waals surface area contributed by atoms with Crippen LogP contribution >= 0.6 is 11.8 Å². The van der Waals surface area contributed by atoms with E-state index in [9.17, 15) is 9.59 Å². The number of aryl methyl sites for hydroxylation is 1. The van der Waals surface area contributed by atoms with Crippen molar-refractivity contribution in [2.24, 2.45) is 0 Å². The normalized spacial score (nSPS) is 10.9. The van der Waals surface area contributed by atoms with E-state index in [1.807, 2.05) is 28.8 Å². The first-order valence-corrected chi connectivity index (χ1v) is 9.46. The molecule has 2 aromatic heterocycles. The number of carbonyl (C=O) groups is 2. The van der Waals surface area contributed by atoms with Crippen molar-refractivity contribution in [3.05, 3.63) is 59.4 Å². The molecule has 0 aliphatic carbocycles. The highest BCUT2D eigenvalue weighted by Crippen LogP contribution is 2.26. The second-order valence-electron chi connectivity index (χ2n) is 6.11. The van der Waals surface area contributed by atoms with Crippen LogP contribution in [0, 0.1) is 13.8 Å². The Morgan fingerprint density at radius 3 is 2.78 bits per heavy atom. The van der Waals surface area contributed by atoms with Gasteiger partial charge in [0.25, 0.3) is 0 Å². The van der Waals surface area contributed by atoms with E-state index in [0.717, 1.165) is 16.2 Å².